The monoisotopic (exact) mass is 349 g/mol. The Morgan fingerprint density at radius 1 is 1.08 bits per heavy atom. The summed E-state index contributed by atoms with van der Waals surface area (Å²) in [5.74, 6) is -0.104. The first-order valence-corrected chi connectivity index (χ1v) is 9.10. The highest BCUT2D eigenvalue weighted by Gasteiger charge is 2.37. The van der Waals surface area contributed by atoms with E-state index in [0.717, 1.165) is 17.5 Å². The minimum atomic E-state index is -0.479. The van der Waals surface area contributed by atoms with E-state index in [1.807, 2.05) is 6.92 Å². The molecule has 0 unspecified atom stereocenters. The van der Waals surface area contributed by atoms with Crippen LogP contribution in [0.15, 0.2) is 43.1 Å². The van der Waals surface area contributed by atoms with E-state index in [1.54, 1.807) is 24.4 Å². The average molecular weight is 349 g/mol. The van der Waals surface area contributed by atoms with Crippen molar-refractivity contribution in [1.82, 2.24) is 4.98 Å². The Morgan fingerprint density at radius 3 is 2.27 bits per heavy atom. The minimum absolute atomic E-state index is 0.0958. The second-order valence-electron chi connectivity index (χ2n) is 8.51. The number of aromatic nitrogens is 1. The molecule has 1 aliphatic rings. The van der Waals surface area contributed by atoms with Crippen LogP contribution in [0.4, 0.5) is 0 Å². The van der Waals surface area contributed by atoms with Gasteiger partial charge in [0.15, 0.2) is 0 Å². The van der Waals surface area contributed by atoms with Crippen LogP contribution in [0.3, 0.4) is 0 Å². The van der Waals surface area contributed by atoms with Crippen LogP contribution in [-0.4, -0.2) is 11.0 Å². The summed E-state index contributed by atoms with van der Waals surface area (Å²) in [6.07, 6.45) is 3.88. The number of pyridine rings is 1. The lowest BCUT2D eigenvalue weighted by Crippen LogP contribution is -2.34. The Hall–Kier alpha value is -2.42. The van der Waals surface area contributed by atoms with Crippen LogP contribution in [0.25, 0.3) is 5.76 Å². The lowest BCUT2D eigenvalue weighted by Gasteiger charge is -2.42. The topological polar surface area (TPSA) is 39.2 Å². The van der Waals surface area contributed by atoms with Crippen molar-refractivity contribution < 1.29 is 9.53 Å². The third-order valence-electron chi connectivity index (χ3n) is 5.59. The number of fused-ring (bicyclic) bond motifs is 1. The lowest BCUT2D eigenvalue weighted by atomic mass is 9.62. The van der Waals surface area contributed by atoms with Gasteiger partial charge in [-0.05, 0) is 65.5 Å². The lowest BCUT2D eigenvalue weighted by molar-refractivity contribution is 0.0686. The second kappa shape index (κ2) is 6.39. The summed E-state index contributed by atoms with van der Waals surface area (Å²) in [6, 6.07) is 9.58. The number of aryl methyl sites for hydroxylation is 1. The van der Waals surface area contributed by atoms with E-state index in [4.69, 9.17) is 4.74 Å². The van der Waals surface area contributed by atoms with Crippen molar-refractivity contribution in [3.8, 4) is 0 Å². The van der Waals surface area contributed by atoms with E-state index in [2.05, 4.69) is 51.4 Å². The molecular formula is C23H27NO2. The molecule has 1 heterocycles. The van der Waals surface area contributed by atoms with Gasteiger partial charge < -0.3 is 4.74 Å². The van der Waals surface area contributed by atoms with Gasteiger partial charge in [0.25, 0.3) is 0 Å². The molecule has 0 N–H and O–H groups in total. The van der Waals surface area contributed by atoms with Gasteiger partial charge in [-0.3, -0.25) is 0 Å². The summed E-state index contributed by atoms with van der Waals surface area (Å²) in [5, 5.41) is 0. The summed E-state index contributed by atoms with van der Waals surface area (Å²) >= 11 is 0. The third kappa shape index (κ3) is 3.31. The molecule has 0 aliphatic heterocycles. The Kier molecular flexibility index (Phi) is 4.51. The maximum absolute atomic E-state index is 12.3. The van der Waals surface area contributed by atoms with Crippen LogP contribution in [0.1, 0.15) is 73.3 Å². The zero-order valence-corrected chi connectivity index (χ0v) is 16.3. The molecule has 3 rings (SSSR count). The zero-order chi connectivity index (χ0) is 19.1. The maximum Gasteiger partial charge on any atom is 0.362 e. The van der Waals surface area contributed by atoms with Crippen molar-refractivity contribution in [2.24, 2.45) is 0 Å². The highest BCUT2D eigenvalue weighted by molar-refractivity contribution is 5.91. The predicted molar refractivity (Wildman–Crippen MR) is 105 cm³/mol. The van der Waals surface area contributed by atoms with Gasteiger partial charge in [-0.25, -0.2) is 9.78 Å². The molecule has 3 nitrogen and oxygen atoms in total. The number of carbonyl (C=O) groups excluding carboxylic acids is 1. The van der Waals surface area contributed by atoms with Gasteiger partial charge in [-0.1, -0.05) is 46.4 Å². The number of nitrogens with zero attached hydrogens (tertiary/aromatic N) is 1. The molecule has 0 spiro atoms. The van der Waals surface area contributed by atoms with E-state index < -0.39 is 5.97 Å². The van der Waals surface area contributed by atoms with Gasteiger partial charge in [0.2, 0.25) is 0 Å². The molecule has 0 bridgehead atoms. The SMILES string of the molecule is C=C(OC(=O)c1ccccn1)c1cc2c(cc1C)C(C)(C)CCC2(C)C. The van der Waals surface area contributed by atoms with Crippen LogP contribution < -0.4 is 0 Å². The Morgan fingerprint density at radius 2 is 1.69 bits per heavy atom. The Balaban J connectivity index is 1.96. The smallest absolute Gasteiger partial charge is 0.362 e. The summed E-state index contributed by atoms with van der Waals surface area (Å²) < 4.78 is 5.52. The second-order valence-corrected chi connectivity index (χ2v) is 8.51. The molecule has 0 amide bonds. The van der Waals surface area contributed by atoms with E-state index in [9.17, 15) is 4.79 Å². The molecule has 26 heavy (non-hydrogen) atoms. The zero-order valence-electron chi connectivity index (χ0n) is 16.3. The van der Waals surface area contributed by atoms with Crippen LogP contribution in [0.2, 0.25) is 0 Å². The number of benzene rings is 1. The van der Waals surface area contributed by atoms with Gasteiger partial charge in [0, 0.05) is 11.8 Å². The Bertz CT molecular complexity index is 863. The molecule has 0 radical (unpaired) electrons. The van der Waals surface area contributed by atoms with Crippen LogP contribution >= 0.6 is 0 Å². The minimum Gasteiger partial charge on any atom is -0.422 e. The molecule has 0 atom stereocenters. The normalized spacial score (nSPS) is 17.3. The van der Waals surface area contributed by atoms with E-state index >= 15 is 0 Å². The largest absolute Gasteiger partial charge is 0.422 e. The first-order chi connectivity index (χ1) is 12.1. The van der Waals surface area contributed by atoms with Crippen LogP contribution in [0, 0.1) is 6.92 Å². The van der Waals surface area contributed by atoms with E-state index in [1.165, 1.54) is 17.5 Å². The number of carbonyl (C=O) groups is 1. The van der Waals surface area contributed by atoms with Crippen LogP contribution in [-0.2, 0) is 15.6 Å². The third-order valence-corrected chi connectivity index (χ3v) is 5.59. The summed E-state index contributed by atoms with van der Waals surface area (Å²) in [5.41, 5.74) is 5.21. The van der Waals surface area contributed by atoms with Crippen molar-refractivity contribution in [2.45, 2.75) is 58.3 Å². The highest BCUT2D eigenvalue weighted by atomic mass is 16.5. The number of ether oxygens (including phenoxy) is 1. The Labute approximate surface area is 156 Å². The van der Waals surface area contributed by atoms with Crippen molar-refractivity contribution in [2.75, 3.05) is 0 Å². The van der Waals surface area contributed by atoms with Gasteiger partial charge >= 0.3 is 5.97 Å². The number of hydrogen-bond donors (Lipinski definition) is 0. The highest BCUT2D eigenvalue weighted by Crippen LogP contribution is 2.47. The fourth-order valence-electron chi connectivity index (χ4n) is 3.73. The molecule has 0 fully saturated rings. The molecule has 3 heteroatoms. The van der Waals surface area contributed by atoms with Crippen molar-refractivity contribution in [1.29, 1.82) is 0 Å². The van der Waals surface area contributed by atoms with Gasteiger partial charge in [0.1, 0.15) is 11.5 Å². The van der Waals surface area contributed by atoms with Crippen molar-refractivity contribution in [3.63, 3.8) is 0 Å². The van der Waals surface area contributed by atoms with Gasteiger partial charge in [-0.2, -0.15) is 0 Å². The van der Waals surface area contributed by atoms with Crippen molar-refractivity contribution >= 4 is 11.7 Å². The predicted octanol–water partition coefficient (Wildman–Crippen LogP) is 5.57. The average Bonchev–Trinajstić information content (AvgIpc) is 2.59. The maximum atomic E-state index is 12.3. The quantitative estimate of drug-likeness (QED) is 0.537. The van der Waals surface area contributed by atoms with Gasteiger partial charge in [-0.15, -0.1) is 0 Å². The fourth-order valence-corrected chi connectivity index (χ4v) is 3.73. The van der Waals surface area contributed by atoms with E-state index in [0.29, 0.717) is 5.76 Å². The summed E-state index contributed by atoms with van der Waals surface area (Å²) in [7, 11) is 0. The van der Waals surface area contributed by atoms with Crippen molar-refractivity contribution in [3.05, 3.63) is 71.1 Å². The van der Waals surface area contributed by atoms with Crippen LogP contribution in [0.5, 0.6) is 0 Å². The number of esters is 1. The first-order valence-electron chi connectivity index (χ1n) is 9.10. The molecule has 1 aliphatic carbocycles. The molecule has 2 aromatic rings. The standard InChI is InChI=1S/C23H27NO2/c1-15-13-18-19(23(5,6)11-10-22(18,3)4)14-17(15)16(2)26-21(25)20-9-7-8-12-24-20/h7-9,12-14H,2,10-11H2,1,3-6H3. The first kappa shape index (κ1) is 18.4. The molecule has 0 saturated heterocycles. The molecule has 136 valence electrons. The fraction of sp³-hybridized carbons (Fsp3) is 0.391. The molecule has 1 aromatic heterocycles. The number of rotatable bonds is 3. The molecular weight excluding hydrogens is 322 g/mol. The molecule has 0 saturated carbocycles. The summed E-state index contributed by atoms with van der Waals surface area (Å²) in [4.78, 5) is 16.4. The molecule has 1 aromatic carbocycles. The van der Waals surface area contributed by atoms with Gasteiger partial charge in [0.05, 0.1) is 0 Å². The van der Waals surface area contributed by atoms with E-state index in [-0.39, 0.29) is 16.5 Å². The summed E-state index contributed by atoms with van der Waals surface area (Å²) in [6.45, 7) is 15.2. The number of hydrogen-bond acceptors (Lipinski definition) is 3.